The van der Waals surface area contributed by atoms with Gasteiger partial charge in [-0.25, -0.2) is 4.79 Å². The average molecular weight is 276 g/mol. The molecule has 0 radical (unpaired) electrons. The van der Waals surface area contributed by atoms with Gasteiger partial charge < -0.3 is 30.7 Å². The molecular formula is C10H16N2O7. The molecule has 0 aromatic rings. The number of nitrogens with one attached hydrogen (secondary N) is 2. The summed E-state index contributed by atoms with van der Waals surface area (Å²) in [5, 5.41) is 33.0. The second-order valence-corrected chi connectivity index (χ2v) is 4.23. The number of carbonyl (C=O) groups excluding carboxylic acids is 2. The van der Waals surface area contributed by atoms with Gasteiger partial charge in [-0.2, -0.15) is 0 Å². The van der Waals surface area contributed by atoms with Crippen molar-refractivity contribution in [3.63, 3.8) is 0 Å². The van der Waals surface area contributed by atoms with Crippen molar-refractivity contribution in [1.29, 1.82) is 0 Å². The van der Waals surface area contributed by atoms with Gasteiger partial charge in [0, 0.05) is 13.8 Å². The van der Waals surface area contributed by atoms with Crippen molar-refractivity contribution in [2.45, 2.75) is 44.4 Å². The molecular weight excluding hydrogens is 260 g/mol. The molecule has 19 heavy (non-hydrogen) atoms. The zero-order valence-electron chi connectivity index (χ0n) is 10.4. The molecule has 1 fully saturated rings. The van der Waals surface area contributed by atoms with E-state index >= 15 is 0 Å². The Balaban J connectivity index is 2.98. The summed E-state index contributed by atoms with van der Waals surface area (Å²) in [5.74, 6) is -2.55. The van der Waals surface area contributed by atoms with Crippen LogP contribution in [0.25, 0.3) is 0 Å². The summed E-state index contributed by atoms with van der Waals surface area (Å²) in [6.45, 7) is 2.34. The molecule has 0 aromatic carbocycles. The number of aliphatic carboxylic acids is 1. The lowest BCUT2D eigenvalue weighted by atomic mass is 9.93. The Morgan fingerprint density at radius 3 is 1.89 bits per heavy atom. The number of hydrogen-bond donors (Lipinski definition) is 5. The Hall–Kier alpha value is -1.71. The van der Waals surface area contributed by atoms with Crippen LogP contribution in [0.4, 0.5) is 0 Å². The maximum atomic E-state index is 11.1. The van der Waals surface area contributed by atoms with Crippen molar-refractivity contribution in [2.24, 2.45) is 0 Å². The highest BCUT2D eigenvalue weighted by Crippen LogP contribution is 2.20. The van der Waals surface area contributed by atoms with Crippen LogP contribution in [-0.4, -0.2) is 63.7 Å². The van der Waals surface area contributed by atoms with E-state index in [-0.39, 0.29) is 0 Å². The Bertz CT molecular complexity index is 386. The number of carboxylic acid groups (broad SMARTS) is 1. The molecule has 0 saturated carbocycles. The lowest BCUT2D eigenvalue weighted by Crippen LogP contribution is -2.69. The van der Waals surface area contributed by atoms with Crippen LogP contribution in [0.1, 0.15) is 13.8 Å². The monoisotopic (exact) mass is 276 g/mol. The molecule has 1 heterocycles. The van der Waals surface area contributed by atoms with Crippen LogP contribution < -0.4 is 10.6 Å². The number of carboxylic acids is 1. The molecule has 0 aromatic heterocycles. The third kappa shape index (κ3) is 3.63. The molecule has 1 rings (SSSR count). The molecule has 0 unspecified atom stereocenters. The van der Waals surface area contributed by atoms with Crippen molar-refractivity contribution >= 4 is 17.8 Å². The minimum Gasteiger partial charge on any atom is -0.479 e. The lowest BCUT2D eigenvalue weighted by molar-refractivity contribution is -0.229. The molecule has 5 atom stereocenters. The van der Waals surface area contributed by atoms with Crippen molar-refractivity contribution in [3.05, 3.63) is 0 Å². The van der Waals surface area contributed by atoms with Gasteiger partial charge in [0.2, 0.25) is 11.8 Å². The number of aliphatic hydroxyl groups is 2. The Kier molecular flexibility index (Phi) is 4.81. The minimum absolute atomic E-state index is 0.524. The number of ether oxygens (including phenoxy) is 1. The van der Waals surface area contributed by atoms with E-state index in [1.165, 1.54) is 6.92 Å². The summed E-state index contributed by atoms with van der Waals surface area (Å²) >= 11 is 0. The Morgan fingerprint density at radius 2 is 1.47 bits per heavy atom. The fourth-order valence-corrected chi connectivity index (χ4v) is 1.90. The SMILES string of the molecule is CC(=O)N[C@H]1[C@H](O)[C@@H](C(=O)O)O[C@@H](O)[C@H]1NC(C)=O. The molecule has 0 bridgehead atoms. The first-order valence-corrected chi connectivity index (χ1v) is 5.52. The number of hydrogen-bond acceptors (Lipinski definition) is 6. The van der Waals surface area contributed by atoms with E-state index in [4.69, 9.17) is 9.84 Å². The van der Waals surface area contributed by atoms with Crippen molar-refractivity contribution in [1.82, 2.24) is 10.6 Å². The van der Waals surface area contributed by atoms with Crippen LogP contribution in [0.5, 0.6) is 0 Å². The topological polar surface area (TPSA) is 145 Å². The van der Waals surface area contributed by atoms with E-state index in [0.717, 1.165) is 6.92 Å². The molecule has 108 valence electrons. The summed E-state index contributed by atoms with van der Waals surface area (Å²) in [7, 11) is 0. The summed E-state index contributed by atoms with van der Waals surface area (Å²) < 4.78 is 4.73. The second kappa shape index (κ2) is 5.95. The highest BCUT2D eigenvalue weighted by atomic mass is 16.6. The summed E-state index contributed by atoms with van der Waals surface area (Å²) in [4.78, 5) is 33.0. The van der Waals surface area contributed by atoms with Gasteiger partial charge in [0.25, 0.3) is 0 Å². The van der Waals surface area contributed by atoms with Gasteiger partial charge in [-0.15, -0.1) is 0 Å². The molecule has 0 aliphatic carbocycles. The van der Waals surface area contributed by atoms with Crippen LogP contribution in [-0.2, 0) is 19.1 Å². The van der Waals surface area contributed by atoms with Gasteiger partial charge >= 0.3 is 5.97 Å². The van der Waals surface area contributed by atoms with Gasteiger partial charge in [0.1, 0.15) is 12.1 Å². The first-order valence-electron chi connectivity index (χ1n) is 5.52. The number of aliphatic hydroxyl groups excluding tert-OH is 2. The van der Waals surface area contributed by atoms with Gasteiger partial charge in [-0.1, -0.05) is 0 Å². The highest BCUT2D eigenvalue weighted by molar-refractivity contribution is 5.77. The number of carbonyl (C=O) groups is 3. The summed E-state index contributed by atoms with van der Waals surface area (Å²) in [6.07, 6.45) is -4.97. The molecule has 1 saturated heterocycles. The molecule has 2 amide bonds. The zero-order chi connectivity index (χ0) is 14.7. The standard InChI is InChI=1S/C10H16N2O7/c1-3(13)11-5-6(12-4(2)14)10(18)19-8(7(5)15)9(16)17/h5-8,10,15,18H,1-2H3,(H,11,13)(H,12,14)(H,16,17)/t5-,6+,7+,8+,10-/m1/s1. The molecule has 9 heteroatoms. The Morgan fingerprint density at radius 1 is 1.00 bits per heavy atom. The van der Waals surface area contributed by atoms with E-state index in [1.807, 2.05) is 0 Å². The van der Waals surface area contributed by atoms with Crippen LogP contribution in [0.15, 0.2) is 0 Å². The van der Waals surface area contributed by atoms with E-state index in [2.05, 4.69) is 10.6 Å². The average Bonchev–Trinajstić information content (AvgIpc) is 2.26. The number of rotatable bonds is 3. The first kappa shape index (κ1) is 15.3. The van der Waals surface area contributed by atoms with E-state index in [0.29, 0.717) is 0 Å². The van der Waals surface area contributed by atoms with Crippen LogP contribution >= 0.6 is 0 Å². The molecule has 9 nitrogen and oxygen atoms in total. The predicted octanol–water partition coefficient (Wildman–Crippen LogP) is -2.84. The largest absolute Gasteiger partial charge is 0.479 e. The third-order valence-electron chi connectivity index (χ3n) is 2.64. The normalized spacial score (nSPS) is 34.4. The van der Waals surface area contributed by atoms with Crippen LogP contribution in [0.3, 0.4) is 0 Å². The molecule has 1 aliphatic rings. The highest BCUT2D eigenvalue weighted by Gasteiger charge is 2.48. The predicted molar refractivity (Wildman–Crippen MR) is 59.7 cm³/mol. The second-order valence-electron chi connectivity index (χ2n) is 4.23. The van der Waals surface area contributed by atoms with Crippen molar-refractivity contribution in [2.75, 3.05) is 0 Å². The van der Waals surface area contributed by atoms with Crippen LogP contribution in [0, 0.1) is 0 Å². The van der Waals surface area contributed by atoms with Crippen molar-refractivity contribution < 1.29 is 34.4 Å². The smallest absolute Gasteiger partial charge is 0.335 e. The maximum absolute atomic E-state index is 11.1. The maximum Gasteiger partial charge on any atom is 0.335 e. The van der Waals surface area contributed by atoms with Crippen molar-refractivity contribution in [3.8, 4) is 0 Å². The summed E-state index contributed by atoms with van der Waals surface area (Å²) in [6, 6.07) is -2.32. The first-order chi connectivity index (χ1) is 8.73. The van der Waals surface area contributed by atoms with Gasteiger partial charge in [0.15, 0.2) is 12.4 Å². The van der Waals surface area contributed by atoms with E-state index < -0.39 is 48.4 Å². The van der Waals surface area contributed by atoms with E-state index in [1.54, 1.807) is 0 Å². The van der Waals surface area contributed by atoms with Gasteiger partial charge in [-0.05, 0) is 0 Å². The number of amides is 2. The Labute approximate surface area is 108 Å². The molecule has 0 spiro atoms. The minimum atomic E-state index is -1.70. The lowest BCUT2D eigenvalue weighted by Gasteiger charge is -2.41. The zero-order valence-corrected chi connectivity index (χ0v) is 10.4. The fraction of sp³-hybridized carbons (Fsp3) is 0.700. The third-order valence-corrected chi connectivity index (χ3v) is 2.64. The van der Waals surface area contributed by atoms with Crippen LogP contribution in [0.2, 0.25) is 0 Å². The van der Waals surface area contributed by atoms with Gasteiger partial charge in [0.05, 0.1) is 6.04 Å². The summed E-state index contributed by atoms with van der Waals surface area (Å²) in [5.41, 5.74) is 0. The molecule has 1 aliphatic heterocycles. The quantitative estimate of drug-likeness (QED) is 0.373. The fourth-order valence-electron chi connectivity index (χ4n) is 1.90. The van der Waals surface area contributed by atoms with Gasteiger partial charge in [-0.3, -0.25) is 9.59 Å². The van der Waals surface area contributed by atoms with E-state index in [9.17, 15) is 24.6 Å². The molecule has 5 N–H and O–H groups in total.